The molecule has 0 amide bonds. The number of pyridine rings is 2. The number of aromatic amines is 6. The molecule has 566 valence electrons. The molecule has 0 radical (unpaired) electrons. The molecule has 0 fully saturated rings. The first-order chi connectivity index (χ1) is 56.6. The number of hydrogen-bond acceptors (Lipinski definition) is 8. The third-order valence-corrected chi connectivity index (χ3v) is 24.4. The Kier molecular flexibility index (Phi) is 21.9. The molecule has 22 heteroatoms. The van der Waals surface area contributed by atoms with Crippen molar-refractivity contribution < 1.29 is 13.9 Å². The van der Waals surface area contributed by atoms with Gasteiger partial charge in [-0.05, 0) is 220 Å². The van der Waals surface area contributed by atoms with Crippen LogP contribution in [0, 0.1) is 13.0 Å². The summed E-state index contributed by atoms with van der Waals surface area (Å²) < 4.78 is 32.4. The van der Waals surface area contributed by atoms with Gasteiger partial charge in [0.05, 0.1) is 70.8 Å². The van der Waals surface area contributed by atoms with Gasteiger partial charge in [0, 0.05) is 184 Å². The van der Waals surface area contributed by atoms with Crippen LogP contribution in [0.1, 0.15) is 34.2 Å². The summed E-state index contributed by atoms with van der Waals surface area (Å²) in [4.78, 5) is 49.7. The fraction of sp³-hybridized carbons (Fsp3) is 0.0426. The van der Waals surface area contributed by atoms with Crippen molar-refractivity contribution in [3.05, 3.63) is 343 Å². The van der Waals surface area contributed by atoms with E-state index in [-0.39, 0.29) is 5.82 Å². The maximum Gasteiger partial charge on any atom is 0.161 e. The highest BCUT2D eigenvalue weighted by Gasteiger charge is 2.28. The number of fused-ring (bicyclic) bond motifs is 10. The van der Waals surface area contributed by atoms with E-state index in [2.05, 4.69) is 292 Å². The predicted molar refractivity (Wildman–Crippen MR) is 505 cm³/mol. The zero-order valence-corrected chi connectivity index (χ0v) is 73.7. The molecule has 116 heavy (non-hydrogen) atoms. The Labute approximate surface area is 734 Å². The summed E-state index contributed by atoms with van der Waals surface area (Å²) in [5.74, 6) is 2.57. The largest absolute Gasteiger partial charge is 0.493 e. The summed E-state index contributed by atoms with van der Waals surface area (Å²) in [5, 5.41) is 6.48. The van der Waals surface area contributed by atoms with Crippen LogP contribution < -0.4 is 9.47 Å². The van der Waals surface area contributed by atoms with E-state index in [1.54, 1.807) is 20.3 Å². The summed E-state index contributed by atoms with van der Waals surface area (Å²) in [7, 11) is 3.27. The van der Waals surface area contributed by atoms with Gasteiger partial charge in [-0.25, -0.2) is 14.4 Å². The fourth-order valence-electron chi connectivity index (χ4n) is 15.0. The Morgan fingerprint density at radius 1 is 0.371 bits per heavy atom. The van der Waals surface area contributed by atoms with Gasteiger partial charge in [-0.3, -0.25) is 20.0 Å². The molecule has 2 aliphatic heterocycles. The maximum atomic E-state index is 13.8. The second-order valence-electron chi connectivity index (χ2n) is 27.6. The lowest BCUT2D eigenvalue weighted by Crippen LogP contribution is -2.00. The Balaban J connectivity index is 0.000000107. The number of nitrogens with zero attached hydrogens (tertiary/aromatic N) is 6. The Morgan fingerprint density at radius 3 is 1.40 bits per heavy atom. The molecule has 11 aromatic carbocycles. The van der Waals surface area contributed by atoms with Crippen molar-refractivity contribution >= 4 is 219 Å². The minimum Gasteiger partial charge on any atom is -0.493 e. The normalized spacial score (nSPS) is 12.4. The number of hydrogen-bond donors (Lipinski definition) is 6. The molecular formula is C94H62Br5FI2N12O2. The summed E-state index contributed by atoms with van der Waals surface area (Å²) in [6.07, 6.45) is 13.3. The number of methoxy groups -OCH3 is 2. The number of imidazole rings is 2. The monoisotopic (exact) mass is 2060 g/mol. The molecule has 10 heterocycles. The smallest absolute Gasteiger partial charge is 0.161 e. The van der Waals surface area contributed by atoms with Gasteiger partial charge in [0.15, 0.2) is 11.5 Å². The standard InChI is InChI=1S/C25H20BrN3O2.C24H15BrI2N2.C23H14Br2FN3.C22H13BrN4/c1-30-21-11-8-16(12-22(21)31-2)24-23(15-6-4-3-5-7-15)28-25(29-24)19-14-27-20-10-9-17(26)13-18(19)20;25-16-7-8-22-20(11-16)21(13-28-22)23-12-19(14-3-1-5-17(26)9-14)24(29-23)15-4-2-6-18(27)10-15;24-15-5-1-13(2-6-15)21-22(14-3-7-16(25)8-4-14)29-23(28-21)19-12-27-20-10-9-17(26)11-18(19)20;23-12-5-6-18-15(9-12)17(11-26-18)19-10-16-13-3-1-7-24-21(13)22-14(20(16)27-19)4-2-8-25-22/h3-14,27H,1-2H3,(H,28,29);1-11,13,28H,12H2;1-12,27H,(H,28,29);1-9,11,26H,10H2. The molecule has 0 saturated carbocycles. The summed E-state index contributed by atoms with van der Waals surface area (Å²) in [5.41, 5.74) is 27.0. The van der Waals surface area contributed by atoms with E-state index in [1.165, 1.54) is 57.9 Å². The first-order valence-electron chi connectivity index (χ1n) is 36.8. The van der Waals surface area contributed by atoms with E-state index in [4.69, 9.17) is 29.4 Å². The van der Waals surface area contributed by atoms with Crippen molar-refractivity contribution in [1.82, 2.24) is 49.8 Å². The molecule has 2 aliphatic rings. The quantitative estimate of drug-likeness (QED) is 0.0521. The lowest BCUT2D eigenvalue weighted by Gasteiger charge is -2.09. The lowest BCUT2D eigenvalue weighted by atomic mass is 9.96. The zero-order chi connectivity index (χ0) is 79.2. The number of rotatable bonds is 12. The van der Waals surface area contributed by atoms with Crippen molar-refractivity contribution in [2.45, 2.75) is 12.8 Å². The van der Waals surface area contributed by atoms with Crippen molar-refractivity contribution in [2.75, 3.05) is 14.2 Å². The van der Waals surface area contributed by atoms with Gasteiger partial charge in [0.2, 0.25) is 0 Å². The number of aromatic nitrogens is 10. The molecule has 0 saturated heterocycles. The van der Waals surface area contributed by atoms with Gasteiger partial charge >= 0.3 is 0 Å². The fourth-order valence-corrected chi connectivity index (χ4v) is 17.7. The van der Waals surface area contributed by atoms with E-state index >= 15 is 0 Å². The minimum atomic E-state index is -0.272. The molecule has 0 bridgehead atoms. The lowest BCUT2D eigenvalue weighted by molar-refractivity contribution is 0.355. The first-order valence-corrected chi connectivity index (χ1v) is 42.9. The number of halogens is 8. The first kappa shape index (κ1) is 76.6. The highest BCUT2D eigenvalue weighted by molar-refractivity contribution is 14.1. The minimum absolute atomic E-state index is 0.272. The molecule has 0 aliphatic carbocycles. The highest BCUT2D eigenvalue weighted by Crippen LogP contribution is 2.46. The number of allylic oxidation sites excluding steroid dienone is 1. The number of nitrogens with one attached hydrogen (secondary N) is 6. The van der Waals surface area contributed by atoms with Crippen LogP contribution in [0.4, 0.5) is 10.1 Å². The topological polar surface area (TPSA) is 189 Å². The van der Waals surface area contributed by atoms with Crippen molar-refractivity contribution in [3.8, 4) is 79.3 Å². The number of H-pyrrole nitrogens is 6. The molecule has 21 rings (SSSR count). The van der Waals surface area contributed by atoms with Crippen LogP contribution >= 0.6 is 125 Å². The van der Waals surface area contributed by atoms with Crippen LogP contribution in [0.25, 0.3) is 144 Å². The molecule has 14 nitrogen and oxygen atoms in total. The van der Waals surface area contributed by atoms with E-state index < -0.39 is 0 Å². The summed E-state index contributed by atoms with van der Waals surface area (Å²) in [6, 6.07) is 81.1. The number of ether oxygens (including phenoxy) is 2. The third-order valence-electron chi connectivity index (χ3n) is 20.5. The van der Waals surface area contributed by atoms with Crippen LogP contribution in [0.15, 0.2) is 312 Å². The second-order valence-corrected chi connectivity index (χ2v) is 34.7. The van der Waals surface area contributed by atoms with Crippen LogP contribution in [0.5, 0.6) is 11.5 Å². The van der Waals surface area contributed by atoms with Crippen LogP contribution in [-0.4, -0.2) is 75.5 Å². The Morgan fingerprint density at radius 2 is 0.828 bits per heavy atom. The Bertz CT molecular complexity index is 7060. The molecular weight excluding hydrogens is 2000 g/mol. The van der Waals surface area contributed by atoms with E-state index in [0.717, 1.165) is 180 Å². The van der Waals surface area contributed by atoms with E-state index in [1.807, 2.05) is 134 Å². The predicted octanol–water partition coefficient (Wildman–Crippen LogP) is 27.8. The van der Waals surface area contributed by atoms with Gasteiger partial charge in [0.25, 0.3) is 0 Å². The number of aliphatic imine (C=N–C) groups is 2. The van der Waals surface area contributed by atoms with Crippen LogP contribution in [0.2, 0.25) is 0 Å². The van der Waals surface area contributed by atoms with Gasteiger partial charge in [0.1, 0.15) is 17.5 Å². The molecule has 0 atom stereocenters. The average Bonchev–Trinajstić information content (AvgIpc) is 1.56. The van der Waals surface area contributed by atoms with Gasteiger partial charge < -0.3 is 39.4 Å². The van der Waals surface area contributed by atoms with Crippen LogP contribution in [-0.2, 0) is 6.42 Å². The molecule has 0 spiro atoms. The van der Waals surface area contributed by atoms with Gasteiger partial charge in [-0.15, -0.1) is 0 Å². The molecule has 8 aromatic heterocycles. The van der Waals surface area contributed by atoms with Crippen molar-refractivity contribution in [1.29, 1.82) is 0 Å². The van der Waals surface area contributed by atoms with Crippen molar-refractivity contribution in [3.63, 3.8) is 0 Å². The SMILES string of the molecule is Brc1ccc2[nH]cc(C3=NC(c4cccc(I)c4)=C(c4cccc(I)c4)C3)c2c1.Brc1ccc2[nH]cc(C3=Nc4c(c5cccnc5c5ncccc45)C3)c2c1.COc1ccc(-c2nc(-c3c[nH]c4ccc(Br)cc34)[nH]c2-c2ccccc2)cc1OC.Fc1ccc2[nH]cc(-c3nc(-c4ccc(Br)cc4)c(-c4ccc(Br)cc4)[nH]3)c2c1. The zero-order valence-electron chi connectivity index (χ0n) is 61.5. The third kappa shape index (κ3) is 15.5. The molecule has 0 unspecified atom stereocenters. The molecule has 6 N–H and O–H groups in total. The summed E-state index contributed by atoms with van der Waals surface area (Å²) >= 11 is 22.5. The van der Waals surface area contributed by atoms with Gasteiger partial charge in [-0.2, -0.15) is 0 Å². The average molecular weight is 2060 g/mol. The Hall–Kier alpha value is -10.7. The summed E-state index contributed by atoms with van der Waals surface area (Å²) in [6.45, 7) is 0. The van der Waals surface area contributed by atoms with Crippen molar-refractivity contribution in [2.24, 2.45) is 9.98 Å². The van der Waals surface area contributed by atoms with E-state index in [9.17, 15) is 4.39 Å². The van der Waals surface area contributed by atoms with Crippen LogP contribution in [0.3, 0.4) is 0 Å². The van der Waals surface area contributed by atoms with Gasteiger partial charge in [-0.1, -0.05) is 165 Å². The second kappa shape index (κ2) is 33.1. The molecule has 19 aromatic rings. The maximum absolute atomic E-state index is 13.8. The number of benzene rings is 11. The van der Waals surface area contributed by atoms with E-state index in [0.29, 0.717) is 17.3 Å². The highest BCUT2D eigenvalue weighted by atomic mass is 127.